The smallest absolute Gasteiger partial charge is 0.337 e. The molecule has 0 atom stereocenters. The maximum absolute atomic E-state index is 13.4. The number of methoxy groups -OCH3 is 1. The minimum atomic E-state index is -1.34. The Morgan fingerprint density at radius 1 is 1.09 bits per heavy atom. The zero-order chi connectivity index (χ0) is 16.4. The van der Waals surface area contributed by atoms with E-state index in [1.165, 1.54) is 0 Å². The summed E-state index contributed by atoms with van der Waals surface area (Å²) in [5, 5.41) is 11.9. The maximum atomic E-state index is 13.4. The first-order chi connectivity index (χ1) is 10.3. The number of benzene rings is 2. The Balaban J connectivity index is 2.47. The predicted molar refractivity (Wildman–Crippen MR) is 79.1 cm³/mol. The molecule has 0 heterocycles. The van der Waals surface area contributed by atoms with Crippen LogP contribution in [-0.4, -0.2) is 18.2 Å². The molecule has 0 bridgehead atoms. The van der Waals surface area contributed by atoms with Crippen LogP contribution in [0.15, 0.2) is 24.3 Å². The molecule has 0 saturated carbocycles. The van der Waals surface area contributed by atoms with Gasteiger partial charge >= 0.3 is 5.97 Å². The molecule has 0 spiro atoms. The molecular weight excluding hydrogens is 292 g/mol. The van der Waals surface area contributed by atoms with Crippen LogP contribution in [0.25, 0.3) is 0 Å². The topological polar surface area (TPSA) is 58.6 Å². The predicted octanol–water partition coefficient (Wildman–Crippen LogP) is 4.03. The van der Waals surface area contributed by atoms with Gasteiger partial charge in [0.2, 0.25) is 0 Å². The third-order valence-electron chi connectivity index (χ3n) is 3.23. The lowest BCUT2D eigenvalue weighted by Crippen LogP contribution is -2.05. The van der Waals surface area contributed by atoms with Crippen LogP contribution in [0.1, 0.15) is 21.5 Å². The van der Waals surface area contributed by atoms with Crippen LogP contribution in [0.3, 0.4) is 0 Å². The molecule has 22 heavy (non-hydrogen) atoms. The van der Waals surface area contributed by atoms with E-state index in [1.54, 1.807) is 19.2 Å². The molecule has 0 aliphatic carbocycles. The van der Waals surface area contributed by atoms with E-state index in [2.05, 4.69) is 5.32 Å². The lowest BCUT2D eigenvalue weighted by molar-refractivity contribution is 0.0697. The van der Waals surface area contributed by atoms with E-state index in [4.69, 9.17) is 9.84 Å². The van der Waals surface area contributed by atoms with E-state index in [0.29, 0.717) is 17.5 Å². The van der Waals surface area contributed by atoms with Gasteiger partial charge in [-0.15, -0.1) is 0 Å². The van der Waals surface area contributed by atoms with Crippen LogP contribution in [0, 0.1) is 25.5 Å². The monoisotopic (exact) mass is 307 g/mol. The average molecular weight is 307 g/mol. The molecule has 0 aliphatic heterocycles. The van der Waals surface area contributed by atoms with Gasteiger partial charge in [-0.25, -0.2) is 13.6 Å². The summed E-state index contributed by atoms with van der Waals surface area (Å²) < 4.78 is 31.8. The fourth-order valence-corrected chi connectivity index (χ4v) is 2.33. The molecule has 0 unspecified atom stereocenters. The van der Waals surface area contributed by atoms with Crippen molar-refractivity contribution in [2.75, 3.05) is 12.4 Å². The molecule has 0 fully saturated rings. The number of nitrogens with one attached hydrogen (secondary N) is 1. The van der Waals surface area contributed by atoms with Gasteiger partial charge in [0.1, 0.15) is 5.75 Å². The fraction of sp³-hybridized carbons (Fsp3) is 0.188. The Hall–Kier alpha value is -2.63. The highest BCUT2D eigenvalue weighted by molar-refractivity contribution is 5.95. The number of carboxylic acid groups (broad SMARTS) is 1. The van der Waals surface area contributed by atoms with Crippen molar-refractivity contribution < 1.29 is 23.4 Å². The molecule has 6 heteroatoms. The first kappa shape index (κ1) is 15.8. The number of halogens is 2. The molecule has 2 rings (SSSR count). The Morgan fingerprint density at radius 2 is 1.64 bits per heavy atom. The molecule has 116 valence electrons. The minimum Gasteiger partial charge on any atom is -0.496 e. The summed E-state index contributed by atoms with van der Waals surface area (Å²) in [6, 6.07) is 4.95. The van der Waals surface area contributed by atoms with Crippen molar-refractivity contribution in [3.05, 3.63) is 52.6 Å². The Morgan fingerprint density at radius 3 is 2.14 bits per heavy atom. The van der Waals surface area contributed by atoms with Crippen LogP contribution < -0.4 is 10.1 Å². The minimum absolute atomic E-state index is 0.0182. The largest absolute Gasteiger partial charge is 0.496 e. The number of aryl methyl sites for hydroxylation is 2. The molecule has 0 aromatic heterocycles. The normalized spacial score (nSPS) is 10.4. The molecule has 0 amide bonds. The summed E-state index contributed by atoms with van der Waals surface area (Å²) in [7, 11) is 1.56. The molecule has 4 nitrogen and oxygen atoms in total. The lowest BCUT2D eigenvalue weighted by atomic mass is 10.1. The Kier molecular flexibility index (Phi) is 4.30. The second-order valence-electron chi connectivity index (χ2n) is 4.89. The van der Waals surface area contributed by atoms with Crippen LogP contribution >= 0.6 is 0 Å². The van der Waals surface area contributed by atoms with Gasteiger partial charge in [-0.05, 0) is 43.2 Å². The van der Waals surface area contributed by atoms with Gasteiger partial charge in [-0.2, -0.15) is 0 Å². The third kappa shape index (κ3) is 3.00. The number of aromatic carboxylic acids is 1. The van der Waals surface area contributed by atoms with Gasteiger partial charge in [0.15, 0.2) is 11.6 Å². The number of rotatable bonds is 4. The third-order valence-corrected chi connectivity index (χ3v) is 3.23. The molecule has 2 N–H and O–H groups in total. The highest BCUT2D eigenvalue weighted by atomic mass is 19.2. The highest BCUT2D eigenvalue weighted by Gasteiger charge is 2.16. The zero-order valence-corrected chi connectivity index (χ0v) is 12.3. The standard InChI is InChI=1S/C16H15F2NO3/c1-8-4-10(5-9(2)15(8)22-3)19-14-7-13(18)12(17)6-11(14)16(20)21/h4-7,19H,1-3H3,(H,20,21). The van der Waals surface area contributed by atoms with Crippen molar-refractivity contribution in [1.82, 2.24) is 0 Å². The first-order valence-corrected chi connectivity index (χ1v) is 6.48. The number of anilines is 2. The quantitative estimate of drug-likeness (QED) is 0.895. The van der Waals surface area contributed by atoms with E-state index < -0.39 is 17.6 Å². The first-order valence-electron chi connectivity index (χ1n) is 6.48. The van der Waals surface area contributed by atoms with Crippen molar-refractivity contribution in [2.24, 2.45) is 0 Å². The van der Waals surface area contributed by atoms with Crippen LogP contribution in [0.5, 0.6) is 5.75 Å². The summed E-state index contributed by atoms with van der Waals surface area (Å²) >= 11 is 0. The van der Waals surface area contributed by atoms with Crippen LogP contribution in [0.2, 0.25) is 0 Å². The molecule has 0 radical (unpaired) electrons. The summed E-state index contributed by atoms with van der Waals surface area (Å²) in [5.74, 6) is -2.95. The molecule has 0 saturated heterocycles. The molecular formula is C16H15F2NO3. The number of carboxylic acids is 1. The summed E-state index contributed by atoms with van der Waals surface area (Å²) in [4.78, 5) is 11.2. The van der Waals surface area contributed by atoms with Crippen LogP contribution in [-0.2, 0) is 0 Å². The van der Waals surface area contributed by atoms with Crippen molar-refractivity contribution in [2.45, 2.75) is 13.8 Å². The lowest BCUT2D eigenvalue weighted by Gasteiger charge is -2.14. The molecule has 2 aromatic carbocycles. The zero-order valence-electron chi connectivity index (χ0n) is 12.3. The van der Waals surface area contributed by atoms with E-state index >= 15 is 0 Å². The van der Waals surface area contributed by atoms with E-state index in [9.17, 15) is 13.6 Å². The van der Waals surface area contributed by atoms with Gasteiger partial charge in [0.05, 0.1) is 18.4 Å². The number of carbonyl (C=O) groups is 1. The SMILES string of the molecule is COc1c(C)cc(Nc2cc(F)c(F)cc2C(=O)O)cc1C. The van der Waals surface area contributed by atoms with E-state index in [1.807, 2.05) is 13.8 Å². The van der Waals surface area contributed by atoms with E-state index in [0.717, 1.165) is 17.2 Å². The molecule has 2 aromatic rings. The van der Waals surface area contributed by atoms with Crippen molar-refractivity contribution in [3.8, 4) is 5.75 Å². The Labute approximate surface area is 126 Å². The van der Waals surface area contributed by atoms with Gasteiger partial charge in [0.25, 0.3) is 0 Å². The number of hydrogen-bond donors (Lipinski definition) is 2. The van der Waals surface area contributed by atoms with Gasteiger partial charge in [-0.3, -0.25) is 0 Å². The number of ether oxygens (including phenoxy) is 1. The van der Waals surface area contributed by atoms with Gasteiger partial charge in [0, 0.05) is 11.8 Å². The fourth-order valence-electron chi connectivity index (χ4n) is 2.33. The molecule has 0 aliphatic rings. The Bertz CT molecular complexity index is 721. The summed E-state index contributed by atoms with van der Waals surface area (Å²) in [6.07, 6.45) is 0. The summed E-state index contributed by atoms with van der Waals surface area (Å²) in [6.45, 7) is 3.67. The number of hydrogen-bond acceptors (Lipinski definition) is 3. The summed E-state index contributed by atoms with van der Waals surface area (Å²) in [5.41, 5.74) is 1.87. The van der Waals surface area contributed by atoms with Gasteiger partial charge < -0.3 is 15.2 Å². The maximum Gasteiger partial charge on any atom is 0.337 e. The van der Waals surface area contributed by atoms with Crippen molar-refractivity contribution in [1.29, 1.82) is 0 Å². The van der Waals surface area contributed by atoms with Gasteiger partial charge in [-0.1, -0.05) is 0 Å². The van der Waals surface area contributed by atoms with Crippen LogP contribution in [0.4, 0.5) is 20.2 Å². The van der Waals surface area contributed by atoms with Crippen molar-refractivity contribution >= 4 is 17.3 Å². The van der Waals surface area contributed by atoms with E-state index in [-0.39, 0.29) is 11.3 Å². The highest BCUT2D eigenvalue weighted by Crippen LogP contribution is 2.30. The second-order valence-corrected chi connectivity index (χ2v) is 4.89. The van der Waals surface area contributed by atoms with Crippen molar-refractivity contribution in [3.63, 3.8) is 0 Å². The second kappa shape index (κ2) is 6.01. The average Bonchev–Trinajstić information content (AvgIpc) is 2.42.